The Labute approximate surface area is 114 Å². The van der Waals surface area contributed by atoms with Gasteiger partial charge in [0.1, 0.15) is 12.1 Å². The first kappa shape index (κ1) is 14.3. The molecule has 0 saturated carbocycles. The molecule has 0 radical (unpaired) electrons. The lowest BCUT2D eigenvalue weighted by atomic mass is 10.0. The average molecular weight is 268 g/mol. The van der Waals surface area contributed by atoms with Crippen LogP contribution in [0.15, 0.2) is 0 Å². The number of carbonyl (C=O) groups excluding carboxylic acids is 2. The summed E-state index contributed by atoms with van der Waals surface area (Å²) in [4.78, 5) is 26.3. The van der Waals surface area contributed by atoms with Gasteiger partial charge in [0.05, 0.1) is 6.10 Å². The molecule has 2 heterocycles. The first-order chi connectivity index (χ1) is 9.17. The van der Waals surface area contributed by atoms with Crippen molar-refractivity contribution in [1.82, 2.24) is 10.2 Å². The molecular weight excluding hydrogens is 244 g/mol. The fourth-order valence-electron chi connectivity index (χ4n) is 2.94. The molecule has 3 atom stereocenters. The van der Waals surface area contributed by atoms with Gasteiger partial charge in [0.15, 0.2) is 0 Å². The van der Waals surface area contributed by atoms with E-state index in [0.717, 1.165) is 25.9 Å². The molecule has 2 aliphatic rings. The molecule has 0 aromatic rings. The molecule has 0 bridgehead atoms. The number of ether oxygens (including phenoxy) is 1. The molecule has 3 unspecified atom stereocenters. The molecule has 1 N–H and O–H groups in total. The van der Waals surface area contributed by atoms with E-state index in [-0.39, 0.29) is 30.0 Å². The van der Waals surface area contributed by atoms with Gasteiger partial charge in [-0.25, -0.2) is 0 Å². The van der Waals surface area contributed by atoms with Gasteiger partial charge in [-0.05, 0) is 25.7 Å². The zero-order chi connectivity index (χ0) is 13.8. The van der Waals surface area contributed by atoms with Crippen molar-refractivity contribution in [2.45, 2.75) is 64.1 Å². The van der Waals surface area contributed by atoms with Gasteiger partial charge >= 0.3 is 0 Å². The first-order valence-electron chi connectivity index (χ1n) is 7.39. The molecular formula is C14H24N2O3. The van der Waals surface area contributed by atoms with Crippen LogP contribution < -0.4 is 5.32 Å². The minimum Gasteiger partial charge on any atom is -0.376 e. The van der Waals surface area contributed by atoms with E-state index in [9.17, 15) is 9.59 Å². The SMILES string of the molecule is CCCC1NC(=O)C(CC)N(CC2CCCO2)C1=O. The van der Waals surface area contributed by atoms with E-state index in [0.29, 0.717) is 19.4 Å². The van der Waals surface area contributed by atoms with Gasteiger partial charge in [0, 0.05) is 13.2 Å². The van der Waals surface area contributed by atoms with Crippen molar-refractivity contribution in [2.24, 2.45) is 0 Å². The largest absolute Gasteiger partial charge is 0.376 e. The van der Waals surface area contributed by atoms with Gasteiger partial charge < -0.3 is 15.0 Å². The summed E-state index contributed by atoms with van der Waals surface area (Å²) in [5.41, 5.74) is 0. The third-order valence-corrected chi connectivity index (χ3v) is 3.96. The van der Waals surface area contributed by atoms with Gasteiger partial charge in [-0.2, -0.15) is 0 Å². The van der Waals surface area contributed by atoms with Gasteiger partial charge in [0.25, 0.3) is 0 Å². The van der Waals surface area contributed by atoms with Crippen LogP contribution in [0.5, 0.6) is 0 Å². The summed E-state index contributed by atoms with van der Waals surface area (Å²) in [6, 6.07) is -0.675. The zero-order valence-electron chi connectivity index (χ0n) is 11.9. The fraction of sp³-hybridized carbons (Fsp3) is 0.857. The smallest absolute Gasteiger partial charge is 0.245 e. The van der Waals surface area contributed by atoms with E-state index < -0.39 is 0 Å². The van der Waals surface area contributed by atoms with Crippen LogP contribution >= 0.6 is 0 Å². The molecule has 0 aromatic carbocycles. The highest BCUT2D eigenvalue weighted by Gasteiger charge is 2.40. The number of rotatable bonds is 5. The summed E-state index contributed by atoms with van der Waals surface area (Å²) in [7, 11) is 0. The molecule has 0 spiro atoms. The number of nitrogens with zero attached hydrogens (tertiary/aromatic N) is 1. The molecule has 5 nitrogen and oxygen atoms in total. The van der Waals surface area contributed by atoms with Crippen LogP contribution in [0.2, 0.25) is 0 Å². The summed E-state index contributed by atoms with van der Waals surface area (Å²) in [6.45, 7) is 5.30. The average Bonchev–Trinajstić information content (AvgIpc) is 2.89. The first-order valence-corrected chi connectivity index (χ1v) is 7.39. The Morgan fingerprint density at radius 1 is 1.37 bits per heavy atom. The second-order valence-corrected chi connectivity index (χ2v) is 5.40. The van der Waals surface area contributed by atoms with E-state index in [1.807, 2.05) is 13.8 Å². The molecule has 2 rings (SSSR count). The van der Waals surface area contributed by atoms with Crippen LogP contribution in [0.25, 0.3) is 0 Å². The highest BCUT2D eigenvalue weighted by molar-refractivity contribution is 5.96. The van der Waals surface area contributed by atoms with E-state index in [4.69, 9.17) is 4.74 Å². The molecule has 2 amide bonds. The molecule has 2 saturated heterocycles. The van der Waals surface area contributed by atoms with Crippen LogP contribution in [0.3, 0.4) is 0 Å². The standard InChI is InChI=1S/C14H24N2O3/c1-3-6-11-14(18)16(9-10-7-5-8-19-10)12(4-2)13(17)15-11/h10-12H,3-9H2,1-2H3,(H,15,17). The van der Waals surface area contributed by atoms with Crippen LogP contribution in [0.1, 0.15) is 46.0 Å². The molecule has 5 heteroatoms. The van der Waals surface area contributed by atoms with Crippen molar-refractivity contribution in [3.8, 4) is 0 Å². The summed E-state index contributed by atoms with van der Waals surface area (Å²) in [6.07, 6.45) is 4.40. The highest BCUT2D eigenvalue weighted by atomic mass is 16.5. The summed E-state index contributed by atoms with van der Waals surface area (Å²) < 4.78 is 5.60. The summed E-state index contributed by atoms with van der Waals surface area (Å²) >= 11 is 0. The number of hydrogen-bond donors (Lipinski definition) is 1. The fourth-order valence-corrected chi connectivity index (χ4v) is 2.94. The zero-order valence-corrected chi connectivity index (χ0v) is 11.9. The lowest BCUT2D eigenvalue weighted by Crippen LogP contribution is -2.64. The molecule has 108 valence electrons. The molecule has 2 fully saturated rings. The van der Waals surface area contributed by atoms with E-state index >= 15 is 0 Å². The highest BCUT2D eigenvalue weighted by Crippen LogP contribution is 2.20. The third-order valence-electron chi connectivity index (χ3n) is 3.96. The lowest BCUT2D eigenvalue weighted by Gasteiger charge is -2.39. The Bertz CT molecular complexity index is 340. The summed E-state index contributed by atoms with van der Waals surface area (Å²) in [5, 5.41) is 2.85. The Kier molecular flexibility index (Phi) is 4.80. The van der Waals surface area contributed by atoms with Crippen LogP contribution in [0.4, 0.5) is 0 Å². The normalized spacial score (nSPS) is 31.7. The second kappa shape index (κ2) is 6.37. The van der Waals surface area contributed by atoms with Crippen molar-refractivity contribution < 1.29 is 14.3 Å². The van der Waals surface area contributed by atoms with Gasteiger partial charge in [-0.3, -0.25) is 9.59 Å². The Morgan fingerprint density at radius 3 is 2.74 bits per heavy atom. The molecule has 19 heavy (non-hydrogen) atoms. The van der Waals surface area contributed by atoms with Crippen LogP contribution in [0, 0.1) is 0 Å². The Morgan fingerprint density at radius 2 is 2.16 bits per heavy atom. The minimum atomic E-state index is -0.346. The minimum absolute atomic E-state index is 0.0152. The third kappa shape index (κ3) is 3.08. The quantitative estimate of drug-likeness (QED) is 0.811. The van der Waals surface area contributed by atoms with E-state index in [2.05, 4.69) is 5.32 Å². The molecule has 2 aliphatic heterocycles. The maximum Gasteiger partial charge on any atom is 0.245 e. The van der Waals surface area contributed by atoms with E-state index in [1.165, 1.54) is 0 Å². The van der Waals surface area contributed by atoms with Crippen molar-refractivity contribution in [2.75, 3.05) is 13.2 Å². The predicted octanol–water partition coefficient (Wildman–Crippen LogP) is 1.07. The maximum atomic E-state index is 12.5. The number of carbonyl (C=O) groups is 2. The number of nitrogens with one attached hydrogen (secondary N) is 1. The Balaban J connectivity index is 2.08. The molecule has 0 aromatic heterocycles. The van der Waals surface area contributed by atoms with Crippen molar-refractivity contribution >= 4 is 11.8 Å². The maximum absolute atomic E-state index is 12.5. The number of piperazine rings is 1. The van der Waals surface area contributed by atoms with Gasteiger partial charge in [-0.1, -0.05) is 20.3 Å². The number of amides is 2. The van der Waals surface area contributed by atoms with E-state index in [1.54, 1.807) is 4.90 Å². The predicted molar refractivity (Wildman–Crippen MR) is 71.6 cm³/mol. The van der Waals surface area contributed by atoms with Crippen molar-refractivity contribution in [3.63, 3.8) is 0 Å². The molecule has 0 aliphatic carbocycles. The van der Waals surface area contributed by atoms with Gasteiger partial charge in [0.2, 0.25) is 11.8 Å². The van der Waals surface area contributed by atoms with Crippen molar-refractivity contribution in [1.29, 1.82) is 0 Å². The number of hydrogen-bond acceptors (Lipinski definition) is 3. The second-order valence-electron chi connectivity index (χ2n) is 5.40. The monoisotopic (exact) mass is 268 g/mol. The van der Waals surface area contributed by atoms with Crippen LogP contribution in [-0.2, 0) is 14.3 Å². The van der Waals surface area contributed by atoms with Gasteiger partial charge in [-0.15, -0.1) is 0 Å². The summed E-state index contributed by atoms with van der Waals surface area (Å²) in [5.74, 6) is 0.0438. The lowest BCUT2D eigenvalue weighted by molar-refractivity contribution is -0.151. The van der Waals surface area contributed by atoms with Crippen molar-refractivity contribution in [3.05, 3.63) is 0 Å². The Hall–Kier alpha value is -1.10. The topological polar surface area (TPSA) is 58.6 Å². The van der Waals surface area contributed by atoms with Crippen LogP contribution in [-0.4, -0.2) is 48.1 Å².